The van der Waals surface area contributed by atoms with Crippen LogP contribution in [0.2, 0.25) is 5.02 Å². The molecule has 0 atom stereocenters. The molecule has 1 fully saturated rings. The largest absolute Gasteiger partial charge is 0.399 e. The van der Waals surface area contributed by atoms with Gasteiger partial charge in [-0.2, -0.15) is 0 Å². The van der Waals surface area contributed by atoms with Gasteiger partial charge in [0.05, 0.1) is 17.3 Å². The molecule has 1 saturated heterocycles. The minimum absolute atomic E-state index is 0.0496. The number of nitrogens with zero attached hydrogens (tertiary/aromatic N) is 2. The van der Waals surface area contributed by atoms with Crippen molar-refractivity contribution in [3.63, 3.8) is 0 Å². The van der Waals surface area contributed by atoms with Gasteiger partial charge in [-0.15, -0.1) is 0 Å². The summed E-state index contributed by atoms with van der Waals surface area (Å²) in [6.07, 6.45) is 1.18. The Balaban J connectivity index is 1.81. The fourth-order valence-corrected chi connectivity index (χ4v) is 2.68. The van der Waals surface area contributed by atoms with E-state index >= 15 is 0 Å². The number of carbonyl (C=O) groups excluding carboxylic acids is 1. The van der Waals surface area contributed by atoms with Gasteiger partial charge in [-0.25, -0.2) is 0 Å². The van der Waals surface area contributed by atoms with E-state index in [0.29, 0.717) is 22.9 Å². The number of piperazine rings is 1. The van der Waals surface area contributed by atoms with Crippen LogP contribution in [0.4, 0.5) is 11.4 Å². The topological polar surface area (TPSA) is 61.6 Å². The molecule has 1 aromatic carbocycles. The maximum Gasteiger partial charge on any atom is 0.238 e. The molecule has 0 unspecified atom stereocenters. The Kier molecular flexibility index (Phi) is 5.85. The lowest BCUT2D eigenvalue weighted by Crippen LogP contribution is -2.48. The van der Waals surface area contributed by atoms with Crippen LogP contribution >= 0.6 is 11.6 Å². The van der Waals surface area contributed by atoms with Crippen LogP contribution in [0.25, 0.3) is 0 Å². The number of nitrogen functional groups attached to an aromatic ring is 1. The summed E-state index contributed by atoms with van der Waals surface area (Å²) in [5, 5.41) is 3.33. The van der Waals surface area contributed by atoms with Crippen LogP contribution in [0, 0.1) is 0 Å². The van der Waals surface area contributed by atoms with Gasteiger partial charge in [0.25, 0.3) is 0 Å². The molecule has 1 amide bonds. The normalized spacial score (nSPS) is 16.9. The molecule has 0 saturated carbocycles. The van der Waals surface area contributed by atoms with Gasteiger partial charge in [-0.3, -0.25) is 9.69 Å². The number of nitrogens with one attached hydrogen (secondary N) is 1. The lowest BCUT2D eigenvalue weighted by atomic mass is 10.2. The Hall–Kier alpha value is -1.30. The third-order valence-electron chi connectivity index (χ3n) is 3.64. The molecule has 6 heteroatoms. The molecule has 0 radical (unpaired) electrons. The summed E-state index contributed by atoms with van der Waals surface area (Å²) in [6, 6.07) is 5.08. The van der Waals surface area contributed by atoms with Crippen molar-refractivity contribution in [2.75, 3.05) is 50.3 Å². The van der Waals surface area contributed by atoms with Crippen molar-refractivity contribution in [2.45, 2.75) is 13.3 Å². The van der Waals surface area contributed by atoms with E-state index in [4.69, 9.17) is 17.3 Å². The van der Waals surface area contributed by atoms with Crippen LogP contribution < -0.4 is 11.1 Å². The molecule has 1 aromatic rings. The van der Waals surface area contributed by atoms with E-state index in [9.17, 15) is 4.79 Å². The summed E-state index contributed by atoms with van der Waals surface area (Å²) in [7, 11) is 0. The molecule has 116 valence electrons. The molecule has 0 aromatic heterocycles. The average Bonchev–Trinajstić information content (AvgIpc) is 2.45. The number of rotatable bonds is 5. The predicted octanol–water partition coefficient (Wildman–Crippen LogP) is 1.89. The van der Waals surface area contributed by atoms with Crippen LogP contribution in [0.3, 0.4) is 0 Å². The fraction of sp³-hybridized carbons (Fsp3) is 0.533. The zero-order chi connectivity index (χ0) is 15.2. The van der Waals surface area contributed by atoms with Gasteiger partial charge in [0, 0.05) is 31.9 Å². The van der Waals surface area contributed by atoms with E-state index in [1.165, 1.54) is 6.42 Å². The molecule has 1 heterocycles. The van der Waals surface area contributed by atoms with Crippen LogP contribution in [0.5, 0.6) is 0 Å². The van der Waals surface area contributed by atoms with Gasteiger partial charge in [0.15, 0.2) is 0 Å². The SMILES string of the molecule is CCCN1CCN(CC(=O)Nc2cc(N)ccc2Cl)CC1. The molecular weight excluding hydrogens is 288 g/mol. The summed E-state index contributed by atoms with van der Waals surface area (Å²) < 4.78 is 0. The van der Waals surface area contributed by atoms with Crippen molar-refractivity contribution in [1.82, 2.24) is 9.80 Å². The van der Waals surface area contributed by atoms with E-state index in [0.717, 1.165) is 32.7 Å². The van der Waals surface area contributed by atoms with Gasteiger partial charge < -0.3 is 16.0 Å². The summed E-state index contributed by atoms with van der Waals surface area (Å²) in [4.78, 5) is 16.7. The zero-order valence-electron chi connectivity index (χ0n) is 12.4. The zero-order valence-corrected chi connectivity index (χ0v) is 13.2. The monoisotopic (exact) mass is 310 g/mol. The number of halogens is 1. The molecule has 21 heavy (non-hydrogen) atoms. The van der Waals surface area contributed by atoms with Crippen LogP contribution in [0.15, 0.2) is 18.2 Å². The highest BCUT2D eigenvalue weighted by Gasteiger charge is 2.18. The van der Waals surface area contributed by atoms with Crippen molar-refractivity contribution in [1.29, 1.82) is 0 Å². The number of anilines is 2. The molecule has 0 spiro atoms. The molecule has 1 aliphatic heterocycles. The smallest absolute Gasteiger partial charge is 0.238 e. The summed E-state index contributed by atoms with van der Waals surface area (Å²) in [6.45, 7) is 7.63. The first-order valence-electron chi connectivity index (χ1n) is 7.38. The Morgan fingerprint density at radius 3 is 2.62 bits per heavy atom. The molecular formula is C15H23ClN4O. The highest BCUT2D eigenvalue weighted by atomic mass is 35.5. The predicted molar refractivity (Wildman–Crippen MR) is 87.7 cm³/mol. The van der Waals surface area contributed by atoms with Crippen molar-refractivity contribution >= 4 is 28.9 Å². The standard InChI is InChI=1S/C15H23ClN4O/c1-2-5-19-6-8-20(9-7-19)11-15(21)18-14-10-12(17)3-4-13(14)16/h3-4,10H,2,5-9,11,17H2,1H3,(H,18,21). The maximum atomic E-state index is 12.1. The lowest BCUT2D eigenvalue weighted by Gasteiger charge is -2.34. The van der Waals surface area contributed by atoms with Gasteiger partial charge >= 0.3 is 0 Å². The number of hydrogen-bond donors (Lipinski definition) is 2. The lowest BCUT2D eigenvalue weighted by molar-refractivity contribution is -0.117. The molecule has 5 nitrogen and oxygen atoms in total. The van der Waals surface area contributed by atoms with E-state index in [-0.39, 0.29) is 5.91 Å². The number of hydrogen-bond acceptors (Lipinski definition) is 4. The van der Waals surface area contributed by atoms with Crippen LogP contribution in [0.1, 0.15) is 13.3 Å². The third-order valence-corrected chi connectivity index (χ3v) is 3.97. The molecule has 0 bridgehead atoms. The van der Waals surface area contributed by atoms with Crippen LogP contribution in [-0.2, 0) is 4.79 Å². The Morgan fingerprint density at radius 2 is 1.95 bits per heavy atom. The van der Waals surface area contributed by atoms with Gasteiger partial charge in [0.1, 0.15) is 0 Å². The number of benzene rings is 1. The van der Waals surface area contributed by atoms with E-state index in [2.05, 4.69) is 22.0 Å². The second-order valence-corrected chi connectivity index (χ2v) is 5.81. The second kappa shape index (κ2) is 7.64. The van der Waals surface area contributed by atoms with Crippen molar-refractivity contribution in [3.05, 3.63) is 23.2 Å². The summed E-state index contributed by atoms with van der Waals surface area (Å²) in [5.74, 6) is -0.0496. The van der Waals surface area contributed by atoms with Crippen LogP contribution in [-0.4, -0.2) is 55.0 Å². The number of amides is 1. The maximum absolute atomic E-state index is 12.1. The Bertz CT molecular complexity index is 487. The van der Waals surface area contributed by atoms with E-state index < -0.39 is 0 Å². The molecule has 1 aliphatic rings. The first kappa shape index (κ1) is 16.1. The average molecular weight is 311 g/mol. The van der Waals surface area contributed by atoms with Gasteiger partial charge in [-0.05, 0) is 31.2 Å². The van der Waals surface area contributed by atoms with E-state index in [1.54, 1.807) is 18.2 Å². The minimum Gasteiger partial charge on any atom is -0.399 e. The fourth-order valence-electron chi connectivity index (χ4n) is 2.52. The number of carbonyl (C=O) groups is 1. The quantitative estimate of drug-likeness (QED) is 0.815. The highest BCUT2D eigenvalue weighted by molar-refractivity contribution is 6.33. The Morgan fingerprint density at radius 1 is 1.29 bits per heavy atom. The minimum atomic E-state index is -0.0496. The molecule has 3 N–H and O–H groups in total. The summed E-state index contributed by atoms with van der Waals surface area (Å²) >= 11 is 6.05. The summed E-state index contributed by atoms with van der Waals surface area (Å²) in [5.41, 5.74) is 6.87. The number of nitrogens with two attached hydrogens (primary N) is 1. The Labute approximate surface area is 131 Å². The third kappa shape index (κ3) is 4.88. The van der Waals surface area contributed by atoms with Crippen molar-refractivity contribution < 1.29 is 4.79 Å². The molecule has 0 aliphatic carbocycles. The molecule has 2 rings (SSSR count). The van der Waals surface area contributed by atoms with E-state index in [1.807, 2.05) is 0 Å². The first-order valence-corrected chi connectivity index (χ1v) is 7.76. The van der Waals surface area contributed by atoms with Gasteiger partial charge in [-0.1, -0.05) is 18.5 Å². The second-order valence-electron chi connectivity index (χ2n) is 5.41. The van der Waals surface area contributed by atoms with Crippen molar-refractivity contribution in [2.24, 2.45) is 0 Å². The van der Waals surface area contributed by atoms with Gasteiger partial charge in [0.2, 0.25) is 5.91 Å². The first-order chi connectivity index (χ1) is 10.1. The highest BCUT2D eigenvalue weighted by Crippen LogP contribution is 2.23. The van der Waals surface area contributed by atoms with Crippen molar-refractivity contribution in [3.8, 4) is 0 Å².